The zero-order valence-electron chi connectivity index (χ0n) is 20.0. The van der Waals surface area contributed by atoms with Gasteiger partial charge in [0.15, 0.2) is 0 Å². The van der Waals surface area contributed by atoms with Crippen LogP contribution >= 0.6 is 12.1 Å². The Hall–Kier alpha value is -1.86. The van der Waals surface area contributed by atoms with E-state index in [-0.39, 0.29) is 0 Å². The van der Waals surface area contributed by atoms with E-state index in [4.69, 9.17) is 23.6 Å². The van der Waals surface area contributed by atoms with Gasteiger partial charge in [0, 0.05) is 12.1 Å². The largest absolute Gasteiger partial charge is 0.317 e. The second kappa shape index (κ2) is 12.9. The molecule has 1 N–H and O–H groups in total. The van der Waals surface area contributed by atoms with Crippen molar-refractivity contribution in [1.82, 2.24) is 5.32 Å². The maximum atomic E-state index is 6.37. The van der Waals surface area contributed by atoms with Crippen LogP contribution in [0.15, 0.2) is 121 Å². The smallest absolute Gasteiger partial charge is 0.0106 e. The second-order valence-corrected chi connectivity index (χ2v) is 18.4. The van der Waals surface area contributed by atoms with Crippen LogP contribution in [0, 0.1) is 0 Å². The van der Waals surface area contributed by atoms with Crippen LogP contribution in [0.25, 0.3) is 0 Å². The van der Waals surface area contributed by atoms with Crippen LogP contribution in [0.3, 0.4) is 0 Å². The molecule has 1 nitrogen and oxygen atoms in total. The molecule has 4 aromatic rings. The molecule has 0 unspecified atom stereocenters. The first kappa shape index (κ1) is 26.2. The first-order chi connectivity index (χ1) is 17.1. The Bertz CT molecular complexity index is 1080. The summed E-state index contributed by atoms with van der Waals surface area (Å²) in [6, 6.07) is 39.3. The number of benzene rings is 4. The SMILES string of the molecule is S=P(CCCNCCCP(=S)(c1ccccc1)c1ccccc1)(c1ccccc1)c1ccccc1. The van der Waals surface area contributed by atoms with Crippen LogP contribution < -0.4 is 26.5 Å². The third-order valence-electron chi connectivity index (χ3n) is 6.35. The molecule has 5 heteroatoms. The van der Waals surface area contributed by atoms with Crippen molar-refractivity contribution in [1.29, 1.82) is 0 Å². The summed E-state index contributed by atoms with van der Waals surface area (Å²) in [6.07, 6.45) is 4.23. The maximum Gasteiger partial charge on any atom is 0.0106 e. The van der Waals surface area contributed by atoms with Gasteiger partial charge < -0.3 is 5.32 Å². The number of hydrogen-bond acceptors (Lipinski definition) is 3. The molecule has 0 atom stereocenters. The minimum absolute atomic E-state index is 0.984. The van der Waals surface area contributed by atoms with E-state index in [1.54, 1.807) is 0 Å². The molecule has 0 aliphatic rings. The van der Waals surface area contributed by atoms with E-state index in [1.165, 1.54) is 21.2 Å². The topological polar surface area (TPSA) is 12.0 Å². The molecule has 0 bridgehead atoms. The van der Waals surface area contributed by atoms with Crippen molar-refractivity contribution in [3.05, 3.63) is 121 Å². The Morgan fingerprint density at radius 3 is 0.943 bits per heavy atom. The average Bonchev–Trinajstić information content (AvgIpc) is 2.94. The Kier molecular flexibility index (Phi) is 9.67. The van der Waals surface area contributed by atoms with Crippen LogP contribution in [0.1, 0.15) is 12.8 Å². The Morgan fingerprint density at radius 2 is 0.686 bits per heavy atom. The summed E-state index contributed by atoms with van der Waals surface area (Å²) in [5.41, 5.74) is 0. The van der Waals surface area contributed by atoms with Crippen molar-refractivity contribution < 1.29 is 0 Å². The predicted molar refractivity (Wildman–Crippen MR) is 165 cm³/mol. The van der Waals surface area contributed by atoms with Gasteiger partial charge in [-0.3, -0.25) is 0 Å². The van der Waals surface area contributed by atoms with Crippen LogP contribution in [0.2, 0.25) is 0 Å². The molecule has 0 spiro atoms. The standard InChI is InChI=1S/C30H33NP2S2/c34-32(27-15-5-1-6-16-27,28-17-7-2-8-18-28)25-13-23-31-24-14-26-33(35,29-19-9-3-10-20-29)30-21-11-4-12-22-30/h1-12,15-22,31H,13-14,23-26H2. The minimum atomic E-state index is -1.80. The third-order valence-corrected chi connectivity index (χ3v) is 16.4. The average molecular weight is 534 g/mol. The van der Waals surface area contributed by atoms with Gasteiger partial charge in [-0.25, -0.2) is 0 Å². The molecule has 0 aliphatic heterocycles. The highest BCUT2D eigenvalue weighted by Crippen LogP contribution is 2.45. The number of rotatable bonds is 12. The molecule has 0 fully saturated rings. The van der Waals surface area contributed by atoms with E-state index in [0.717, 1.165) is 38.3 Å². The molecule has 0 aromatic heterocycles. The Labute approximate surface area is 221 Å². The van der Waals surface area contributed by atoms with Gasteiger partial charge >= 0.3 is 0 Å². The molecular formula is C30H33NP2S2. The van der Waals surface area contributed by atoms with Gasteiger partial charge in [0.25, 0.3) is 0 Å². The van der Waals surface area contributed by atoms with E-state index in [0.29, 0.717) is 0 Å². The highest BCUT2D eigenvalue weighted by Gasteiger charge is 2.22. The van der Waals surface area contributed by atoms with E-state index >= 15 is 0 Å². The van der Waals surface area contributed by atoms with Gasteiger partial charge in [0.05, 0.1) is 0 Å². The molecule has 0 aliphatic carbocycles. The van der Waals surface area contributed by atoms with Gasteiger partial charge in [0.2, 0.25) is 0 Å². The third kappa shape index (κ3) is 6.67. The zero-order valence-corrected chi connectivity index (χ0v) is 23.4. The zero-order chi connectivity index (χ0) is 24.4. The molecule has 0 saturated heterocycles. The van der Waals surface area contributed by atoms with Crippen LogP contribution in [0.4, 0.5) is 0 Å². The lowest BCUT2D eigenvalue weighted by Gasteiger charge is -2.24. The molecule has 0 amide bonds. The van der Waals surface area contributed by atoms with Crippen LogP contribution in [0.5, 0.6) is 0 Å². The molecule has 4 rings (SSSR count). The number of hydrogen-bond donors (Lipinski definition) is 1. The van der Waals surface area contributed by atoms with Crippen molar-refractivity contribution in [2.45, 2.75) is 12.8 Å². The van der Waals surface area contributed by atoms with Crippen molar-refractivity contribution in [3.8, 4) is 0 Å². The summed E-state index contributed by atoms with van der Waals surface area (Å²) in [4.78, 5) is 0. The molecule has 0 radical (unpaired) electrons. The highest BCUT2D eigenvalue weighted by molar-refractivity contribution is 8.22. The van der Waals surface area contributed by atoms with Crippen LogP contribution in [-0.4, -0.2) is 25.4 Å². The normalized spacial score (nSPS) is 11.9. The minimum Gasteiger partial charge on any atom is -0.317 e. The summed E-state index contributed by atoms with van der Waals surface area (Å²) in [6.45, 7) is 1.97. The fraction of sp³-hybridized carbons (Fsp3) is 0.200. The molecule has 0 saturated carbocycles. The number of nitrogens with one attached hydrogen (secondary N) is 1. The van der Waals surface area contributed by atoms with Crippen LogP contribution in [-0.2, 0) is 23.6 Å². The quantitative estimate of drug-likeness (QED) is 0.188. The van der Waals surface area contributed by atoms with Gasteiger partial charge in [-0.15, -0.1) is 0 Å². The summed E-state index contributed by atoms with van der Waals surface area (Å²) in [5.74, 6) is 0. The lowest BCUT2D eigenvalue weighted by atomic mass is 10.4. The molecule has 180 valence electrons. The van der Waals surface area contributed by atoms with E-state index in [2.05, 4.69) is 127 Å². The summed E-state index contributed by atoms with van der Waals surface area (Å²) >= 11 is 12.7. The molecule has 0 heterocycles. The maximum absolute atomic E-state index is 6.37. The van der Waals surface area contributed by atoms with Crippen molar-refractivity contribution in [2.24, 2.45) is 0 Å². The van der Waals surface area contributed by atoms with Gasteiger partial charge in [-0.2, -0.15) is 0 Å². The molecular weight excluding hydrogens is 500 g/mol. The van der Waals surface area contributed by atoms with E-state index in [9.17, 15) is 0 Å². The predicted octanol–water partition coefficient (Wildman–Crippen LogP) is 5.62. The van der Waals surface area contributed by atoms with Crippen molar-refractivity contribution in [3.63, 3.8) is 0 Å². The summed E-state index contributed by atoms with van der Waals surface area (Å²) in [5, 5.41) is 8.93. The Morgan fingerprint density at radius 1 is 0.429 bits per heavy atom. The van der Waals surface area contributed by atoms with Gasteiger partial charge in [0.1, 0.15) is 0 Å². The van der Waals surface area contributed by atoms with Gasteiger partial charge in [-0.1, -0.05) is 145 Å². The van der Waals surface area contributed by atoms with Crippen molar-refractivity contribution >= 4 is 56.9 Å². The Balaban J connectivity index is 1.33. The molecule has 4 aromatic carbocycles. The second-order valence-electron chi connectivity index (χ2n) is 8.73. The molecule has 35 heavy (non-hydrogen) atoms. The van der Waals surface area contributed by atoms with E-state index in [1.807, 2.05) is 0 Å². The van der Waals surface area contributed by atoms with Crippen molar-refractivity contribution in [2.75, 3.05) is 25.4 Å². The summed E-state index contributed by atoms with van der Waals surface area (Å²) in [7, 11) is 0. The lowest BCUT2D eigenvalue weighted by molar-refractivity contribution is 0.666. The summed E-state index contributed by atoms with van der Waals surface area (Å²) < 4.78 is 0. The van der Waals surface area contributed by atoms with E-state index < -0.39 is 12.1 Å². The lowest BCUT2D eigenvalue weighted by Crippen LogP contribution is -2.24. The fourth-order valence-electron chi connectivity index (χ4n) is 4.47. The first-order valence-electron chi connectivity index (χ1n) is 12.2. The highest BCUT2D eigenvalue weighted by atomic mass is 32.4. The monoisotopic (exact) mass is 533 g/mol. The fourth-order valence-corrected chi connectivity index (χ4v) is 12.2. The van der Waals surface area contributed by atoms with Gasteiger partial charge in [-0.05, 0) is 59.5 Å². The first-order valence-corrected chi connectivity index (χ1v) is 18.2.